The maximum Gasteiger partial charge on any atom is 0.189 e. The van der Waals surface area contributed by atoms with Crippen LogP contribution in [-0.4, -0.2) is 25.5 Å². The summed E-state index contributed by atoms with van der Waals surface area (Å²) in [6.45, 7) is 7.02. The van der Waals surface area contributed by atoms with Gasteiger partial charge in [0.1, 0.15) is 0 Å². The minimum Gasteiger partial charge on any atom is -0.247 e. The molecule has 5 heteroatoms. The molecular weight excluding hydrogens is 208 g/mol. The average molecular weight is 222 g/mol. The minimum atomic E-state index is 0.843. The van der Waals surface area contributed by atoms with Gasteiger partial charge in [-0.25, -0.2) is 14.6 Å². The molecule has 80 valence electrons. The van der Waals surface area contributed by atoms with Gasteiger partial charge in [0, 0.05) is 6.54 Å². The molecule has 0 aliphatic heterocycles. The predicted octanol–water partition coefficient (Wildman–Crippen LogP) is 2.27. The lowest BCUT2D eigenvalue weighted by atomic mass is 10.3. The van der Waals surface area contributed by atoms with Gasteiger partial charge in [-0.2, -0.15) is 5.10 Å². The molecule has 2 heterocycles. The molecule has 0 atom stereocenters. The molecule has 0 unspecified atom stereocenters. The first kappa shape index (κ1) is 10.4. The molecule has 0 radical (unpaired) electrons. The van der Waals surface area contributed by atoms with Crippen LogP contribution in [0.25, 0.3) is 11.0 Å². The van der Waals surface area contributed by atoms with Crippen molar-refractivity contribution in [2.24, 2.45) is 0 Å². The Kier molecular flexibility index (Phi) is 2.90. The maximum absolute atomic E-state index is 4.51. The first-order valence-corrected chi connectivity index (χ1v) is 6.07. The smallest absolute Gasteiger partial charge is 0.189 e. The summed E-state index contributed by atoms with van der Waals surface area (Å²) in [4.78, 5) is 8.95. The van der Waals surface area contributed by atoms with Crippen molar-refractivity contribution in [2.45, 2.75) is 32.5 Å². The molecule has 15 heavy (non-hydrogen) atoms. The standard InChI is InChI=1S/C10H14N4S/c1-4-14-9-8(6-11-14)7(3)12-10(13-9)15-5-2/h6H,4-5H2,1-3H3. The Morgan fingerprint density at radius 2 is 2.13 bits per heavy atom. The lowest BCUT2D eigenvalue weighted by Gasteiger charge is -2.02. The van der Waals surface area contributed by atoms with Crippen LogP contribution in [0.15, 0.2) is 11.4 Å². The van der Waals surface area contributed by atoms with Crippen LogP contribution in [0, 0.1) is 6.92 Å². The summed E-state index contributed by atoms with van der Waals surface area (Å²) in [6, 6.07) is 0. The van der Waals surface area contributed by atoms with Crippen LogP contribution < -0.4 is 0 Å². The van der Waals surface area contributed by atoms with Crippen molar-refractivity contribution >= 4 is 22.8 Å². The Bertz CT molecular complexity index is 477. The Labute approximate surface area is 93.1 Å². The van der Waals surface area contributed by atoms with Gasteiger partial charge in [0.05, 0.1) is 17.3 Å². The number of nitrogens with zero attached hydrogens (tertiary/aromatic N) is 4. The number of fused-ring (bicyclic) bond motifs is 1. The highest BCUT2D eigenvalue weighted by molar-refractivity contribution is 7.99. The number of hydrogen-bond acceptors (Lipinski definition) is 4. The number of rotatable bonds is 3. The van der Waals surface area contributed by atoms with Crippen molar-refractivity contribution in [3.05, 3.63) is 11.9 Å². The largest absolute Gasteiger partial charge is 0.247 e. The summed E-state index contributed by atoms with van der Waals surface area (Å²) >= 11 is 1.66. The zero-order valence-corrected chi connectivity index (χ0v) is 10.0. The average Bonchev–Trinajstić information content (AvgIpc) is 2.61. The van der Waals surface area contributed by atoms with E-state index in [0.29, 0.717) is 0 Å². The van der Waals surface area contributed by atoms with Gasteiger partial charge in [-0.05, 0) is 19.6 Å². The van der Waals surface area contributed by atoms with Crippen LogP contribution in [0.2, 0.25) is 0 Å². The Morgan fingerprint density at radius 1 is 1.33 bits per heavy atom. The second kappa shape index (κ2) is 4.18. The summed E-state index contributed by atoms with van der Waals surface area (Å²) in [6.07, 6.45) is 1.84. The highest BCUT2D eigenvalue weighted by Crippen LogP contribution is 2.19. The van der Waals surface area contributed by atoms with Crippen molar-refractivity contribution in [1.82, 2.24) is 19.7 Å². The van der Waals surface area contributed by atoms with Crippen molar-refractivity contribution < 1.29 is 0 Å². The molecule has 0 amide bonds. The molecule has 0 N–H and O–H groups in total. The van der Waals surface area contributed by atoms with Crippen LogP contribution in [-0.2, 0) is 6.54 Å². The van der Waals surface area contributed by atoms with Gasteiger partial charge >= 0.3 is 0 Å². The molecule has 0 fully saturated rings. The Morgan fingerprint density at radius 3 is 2.80 bits per heavy atom. The molecular formula is C10H14N4S. The summed E-state index contributed by atoms with van der Waals surface area (Å²) in [5, 5.41) is 6.18. The normalized spacial score (nSPS) is 11.1. The maximum atomic E-state index is 4.51. The SMILES string of the molecule is CCSc1nc(C)c2cnn(CC)c2n1. The molecule has 0 aliphatic carbocycles. The number of hydrogen-bond donors (Lipinski definition) is 0. The topological polar surface area (TPSA) is 43.6 Å². The molecule has 0 spiro atoms. The minimum absolute atomic E-state index is 0.843. The van der Waals surface area contributed by atoms with E-state index in [2.05, 4.69) is 28.9 Å². The van der Waals surface area contributed by atoms with Gasteiger partial charge in [-0.15, -0.1) is 0 Å². The molecule has 4 nitrogen and oxygen atoms in total. The van der Waals surface area contributed by atoms with Crippen LogP contribution in [0.4, 0.5) is 0 Å². The molecule has 2 aromatic rings. The lowest BCUT2D eigenvalue weighted by Crippen LogP contribution is -1.99. The van der Waals surface area contributed by atoms with E-state index >= 15 is 0 Å². The van der Waals surface area contributed by atoms with Crippen molar-refractivity contribution in [3.63, 3.8) is 0 Å². The fourth-order valence-electron chi connectivity index (χ4n) is 1.50. The van der Waals surface area contributed by atoms with Gasteiger partial charge < -0.3 is 0 Å². The van der Waals surface area contributed by atoms with Crippen LogP contribution in [0.3, 0.4) is 0 Å². The van der Waals surface area contributed by atoms with E-state index in [-0.39, 0.29) is 0 Å². The van der Waals surface area contributed by atoms with E-state index in [4.69, 9.17) is 0 Å². The summed E-state index contributed by atoms with van der Waals surface area (Å²) < 4.78 is 1.91. The highest BCUT2D eigenvalue weighted by atomic mass is 32.2. The zero-order chi connectivity index (χ0) is 10.8. The molecule has 0 bridgehead atoms. The van der Waals surface area contributed by atoms with Crippen molar-refractivity contribution in [3.8, 4) is 0 Å². The summed E-state index contributed by atoms with van der Waals surface area (Å²) in [5.41, 5.74) is 1.96. The quantitative estimate of drug-likeness (QED) is 0.590. The van der Waals surface area contributed by atoms with Gasteiger partial charge in [0.2, 0.25) is 0 Å². The van der Waals surface area contributed by atoms with Gasteiger partial charge in [-0.3, -0.25) is 0 Å². The number of aromatic nitrogens is 4. The second-order valence-electron chi connectivity index (χ2n) is 3.22. The molecule has 0 saturated carbocycles. The third-order valence-corrected chi connectivity index (χ3v) is 2.97. The lowest BCUT2D eigenvalue weighted by molar-refractivity contribution is 0.672. The van der Waals surface area contributed by atoms with Crippen molar-refractivity contribution in [1.29, 1.82) is 0 Å². The van der Waals surface area contributed by atoms with Gasteiger partial charge in [0.25, 0.3) is 0 Å². The van der Waals surface area contributed by atoms with E-state index in [1.165, 1.54) is 0 Å². The number of aryl methyl sites for hydroxylation is 2. The molecule has 0 aromatic carbocycles. The van der Waals surface area contributed by atoms with Gasteiger partial charge in [-0.1, -0.05) is 18.7 Å². The fourth-order valence-corrected chi connectivity index (χ4v) is 2.11. The van der Waals surface area contributed by atoms with Crippen LogP contribution in [0.1, 0.15) is 19.5 Å². The van der Waals surface area contributed by atoms with E-state index in [9.17, 15) is 0 Å². The fraction of sp³-hybridized carbons (Fsp3) is 0.500. The van der Waals surface area contributed by atoms with E-state index in [0.717, 1.165) is 34.2 Å². The van der Waals surface area contributed by atoms with E-state index in [1.807, 2.05) is 17.8 Å². The number of thioether (sulfide) groups is 1. The third-order valence-electron chi connectivity index (χ3n) is 2.24. The van der Waals surface area contributed by atoms with Crippen LogP contribution >= 0.6 is 11.8 Å². The Hall–Kier alpha value is -1.10. The Balaban J connectivity index is 2.60. The molecule has 2 aromatic heterocycles. The molecule has 2 rings (SSSR count). The van der Waals surface area contributed by atoms with E-state index in [1.54, 1.807) is 11.8 Å². The van der Waals surface area contributed by atoms with E-state index < -0.39 is 0 Å². The predicted molar refractivity (Wildman–Crippen MR) is 62.1 cm³/mol. The molecule has 0 saturated heterocycles. The first-order chi connectivity index (χ1) is 7.26. The summed E-state index contributed by atoms with van der Waals surface area (Å²) in [5.74, 6) is 0.991. The third kappa shape index (κ3) is 1.84. The van der Waals surface area contributed by atoms with Crippen molar-refractivity contribution in [2.75, 3.05) is 5.75 Å². The zero-order valence-electron chi connectivity index (χ0n) is 9.19. The first-order valence-electron chi connectivity index (χ1n) is 5.09. The van der Waals surface area contributed by atoms with Crippen LogP contribution in [0.5, 0.6) is 0 Å². The van der Waals surface area contributed by atoms with Gasteiger partial charge in [0.15, 0.2) is 10.8 Å². The summed E-state index contributed by atoms with van der Waals surface area (Å²) in [7, 11) is 0. The molecule has 0 aliphatic rings. The second-order valence-corrected chi connectivity index (χ2v) is 4.45. The monoisotopic (exact) mass is 222 g/mol. The highest BCUT2D eigenvalue weighted by Gasteiger charge is 2.08.